The zero-order valence-corrected chi connectivity index (χ0v) is 17.4. The monoisotopic (exact) mass is 383 g/mol. The van der Waals surface area contributed by atoms with Gasteiger partial charge in [-0.1, -0.05) is 19.9 Å². The van der Waals surface area contributed by atoms with Crippen molar-refractivity contribution in [2.24, 2.45) is 5.92 Å². The van der Waals surface area contributed by atoms with Crippen LogP contribution in [0.4, 0.5) is 5.69 Å². The first-order valence-corrected chi connectivity index (χ1v) is 10.4. The number of hydrogen-bond acceptors (Lipinski definition) is 5. The zero-order valence-electron chi connectivity index (χ0n) is 17.4. The molecule has 0 amide bonds. The van der Waals surface area contributed by atoms with Crippen LogP contribution in [-0.2, 0) is 6.54 Å². The van der Waals surface area contributed by atoms with E-state index >= 15 is 0 Å². The highest BCUT2D eigenvalue weighted by molar-refractivity contribution is 5.43. The highest BCUT2D eigenvalue weighted by Gasteiger charge is 2.19. The second kappa shape index (κ2) is 10.3. The van der Waals surface area contributed by atoms with Gasteiger partial charge in [-0.3, -0.25) is 9.88 Å². The van der Waals surface area contributed by atoms with Gasteiger partial charge in [0, 0.05) is 38.1 Å². The summed E-state index contributed by atoms with van der Waals surface area (Å²) in [5.74, 6) is 2.20. The van der Waals surface area contributed by atoms with Gasteiger partial charge in [0.1, 0.15) is 0 Å². The summed E-state index contributed by atoms with van der Waals surface area (Å²) in [7, 11) is 0. The molecule has 0 unspecified atom stereocenters. The summed E-state index contributed by atoms with van der Waals surface area (Å²) in [4.78, 5) is 6.69. The number of hydrogen-bond donors (Lipinski definition) is 1. The molecule has 2 aromatic rings. The van der Waals surface area contributed by atoms with Crippen LogP contribution < -0.4 is 14.8 Å². The van der Waals surface area contributed by atoms with Gasteiger partial charge in [0.05, 0.1) is 18.9 Å². The first kappa shape index (κ1) is 20.5. The van der Waals surface area contributed by atoms with Gasteiger partial charge >= 0.3 is 0 Å². The normalized spacial score (nSPS) is 15.6. The molecule has 2 heterocycles. The molecule has 5 heteroatoms. The van der Waals surface area contributed by atoms with Crippen LogP contribution in [0.15, 0.2) is 42.7 Å². The van der Waals surface area contributed by atoms with Crippen molar-refractivity contribution in [1.29, 1.82) is 0 Å². The summed E-state index contributed by atoms with van der Waals surface area (Å²) in [6.07, 6.45) is 5.99. The summed E-state index contributed by atoms with van der Waals surface area (Å²) in [6.45, 7) is 10.8. The van der Waals surface area contributed by atoms with Crippen LogP contribution in [0.3, 0.4) is 0 Å². The standard InChI is InChI=1S/C23H33N3O2/c1-4-27-23-14-19(7-8-22(23)28-17-18(2)3)16-26-12-9-20(10-13-26)25-21-6-5-11-24-15-21/h5-8,11,14-15,18,20,25H,4,9-10,12-13,16-17H2,1-3H3. The Morgan fingerprint density at radius 1 is 1.14 bits per heavy atom. The van der Waals surface area contributed by atoms with Crippen molar-refractivity contribution in [3.63, 3.8) is 0 Å². The van der Waals surface area contributed by atoms with Crippen molar-refractivity contribution in [2.45, 2.75) is 46.2 Å². The lowest BCUT2D eigenvalue weighted by molar-refractivity contribution is 0.210. The number of rotatable bonds is 9. The Kier molecular flexibility index (Phi) is 7.54. The predicted octanol–water partition coefficient (Wildman–Crippen LogP) is 4.59. The average Bonchev–Trinajstić information content (AvgIpc) is 2.70. The van der Waals surface area contributed by atoms with Gasteiger partial charge in [-0.15, -0.1) is 0 Å². The van der Waals surface area contributed by atoms with Gasteiger partial charge in [-0.25, -0.2) is 0 Å². The second-order valence-corrected chi connectivity index (χ2v) is 7.86. The van der Waals surface area contributed by atoms with Crippen molar-refractivity contribution in [1.82, 2.24) is 9.88 Å². The maximum absolute atomic E-state index is 5.91. The summed E-state index contributed by atoms with van der Waals surface area (Å²) in [5, 5.41) is 3.60. The lowest BCUT2D eigenvalue weighted by Crippen LogP contribution is -2.38. The Morgan fingerprint density at radius 2 is 1.96 bits per heavy atom. The molecule has 5 nitrogen and oxygen atoms in total. The first-order valence-electron chi connectivity index (χ1n) is 10.4. The van der Waals surface area contributed by atoms with Crippen LogP contribution in [0.5, 0.6) is 11.5 Å². The smallest absolute Gasteiger partial charge is 0.161 e. The molecule has 0 atom stereocenters. The minimum Gasteiger partial charge on any atom is -0.490 e. The number of likely N-dealkylation sites (tertiary alicyclic amines) is 1. The molecule has 1 aromatic carbocycles. The molecule has 28 heavy (non-hydrogen) atoms. The van der Waals surface area contributed by atoms with Gasteiger partial charge in [0.2, 0.25) is 0 Å². The highest BCUT2D eigenvalue weighted by Crippen LogP contribution is 2.30. The van der Waals surface area contributed by atoms with Crippen molar-refractivity contribution in [3.8, 4) is 11.5 Å². The van der Waals surface area contributed by atoms with Crippen LogP contribution in [0.25, 0.3) is 0 Å². The molecule has 1 N–H and O–H groups in total. The molecule has 0 radical (unpaired) electrons. The number of nitrogens with one attached hydrogen (secondary N) is 1. The van der Waals surface area contributed by atoms with Crippen LogP contribution in [0, 0.1) is 5.92 Å². The van der Waals surface area contributed by atoms with Crippen molar-refractivity contribution < 1.29 is 9.47 Å². The summed E-state index contributed by atoms with van der Waals surface area (Å²) >= 11 is 0. The lowest BCUT2D eigenvalue weighted by atomic mass is 10.0. The predicted molar refractivity (Wildman–Crippen MR) is 114 cm³/mol. The van der Waals surface area contributed by atoms with Gasteiger partial charge in [-0.2, -0.15) is 0 Å². The highest BCUT2D eigenvalue weighted by atomic mass is 16.5. The van der Waals surface area contributed by atoms with Crippen molar-refractivity contribution in [3.05, 3.63) is 48.3 Å². The maximum Gasteiger partial charge on any atom is 0.161 e. The van der Waals surface area contributed by atoms with E-state index in [0.717, 1.165) is 49.7 Å². The number of nitrogens with zero attached hydrogens (tertiary/aromatic N) is 2. The number of anilines is 1. The lowest BCUT2D eigenvalue weighted by Gasteiger charge is -2.33. The number of ether oxygens (including phenoxy) is 2. The van der Waals surface area contributed by atoms with Gasteiger partial charge in [0.15, 0.2) is 11.5 Å². The Hall–Kier alpha value is -2.27. The van der Waals surface area contributed by atoms with Crippen LogP contribution >= 0.6 is 0 Å². The quantitative estimate of drug-likeness (QED) is 0.686. The molecular weight excluding hydrogens is 350 g/mol. The Labute approximate surface area is 169 Å². The largest absolute Gasteiger partial charge is 0.490 e. The van der Waals surface area contributed by atoms with E-state index in [-0.39, 0.29) is 0 Å². The summed E-state index contributed by atoms with van der Waals surface area (Å²) in [6, 6.07) is 10.9. The van der Waals surface area contributed by atoms with E-state index in [2.05, 4.69) is 53.3 Å². The van der Waals surface area contributed by atoms with E-state index in [1.807, 2.05) is 25.4 Å². The molecule has 1 aromatic heterocycles. The Bertz CT molecular complexity index is 713. The fourth-order valence-corrected chi connectivity index (χ4v) is 3.47. The number of pyridine rings is 1. The molecule has 1 aliphatic rings. The summed E-state index contributed by atoms with van der Waals surface area (Å²) < 4.78 is 11.7. The Balaban J connectivity index is 1.53. The second-order valence-electron chi connectivity index (χ2n) is 7.86. The zero-order chi connectivity index (χ0) is 19.8. The van der Waals surface area contributed by atoms with Crippen molar-refractivity contribution >= 4 is 5.69 Å². The average molecular weight is 384 g/mol. The molecule has 0 aliphatic carbocycles. The summed E-state index contributed by atoms with van der Waals surface area (Å²) in [5.41, 5.74) is 2.39. The van der Waals surface area contributed by atoms with E-state index in [0.29, 0.717) is 25.2 Å². The molecule has 3 rings (SSSR count). The van der Waals surface area contributed by atoms with E-state index in [1.54, 1.807) is 0 Å². The maximum atomic E-state index is 5.91. The topological polar surface area (TPSA) is 46.6 Å². The molecule has 152 valence electrons. The minimum absolute atomic E-state index is 0.496. The molecule has 0 saturated carbocycles. The van der Waals surface area contributed by atoms with E-state index in [9.17, 15) is 0 Å². The fraction of sp³-hybridized carbons (Fsp3) is 0.522. The third kappa shape index (κ3) is 6.13. The number of piperidine rings is 1. The third-order valence-corrected chi connectivity index (χ3v) is 4.91. The molecule has 1 saturated heterocycles. The van der Waals surface area contributed by atoms with Crippen LogP contribution in [-0.4, -0.2) is 42.2 Å². The molecule has 0 bridgehead atoms. The van der Waals surface area contributed by atoms with E-state index < -0.39 is 0 Å². The van der Waals surface area contributed by atoms with Crippen LogP contribution in [0.1, 0.15) is 39.2 Å². The number of benzene rings is 1. The van der Waals surface area contributed by atoms with Gasteiger partial charge < -0.3 is 14.8 Å². The van der Waals surface area contributed by atoms with E-state index in [1.165, 1.54) is 5.56 Å². The molecule has 0 spiro atoms. The molecular formula is C23H33N3O2. The van der Waals surface area contributed by atoms with Crippen molar-refractivity contribution in [2.75, 3.05) is 31.6 Å². The van der Waals surface area contributed by atoms with E-state index in [4.69, 9.17) is 9.47 Å². The molecule has 1 aliphatic heterocycles. The molecule has 1 fully saturated rings. The van der Waals surface area contributed by atoms with Crippen LogP contribution in [0.2, 0.25) is 0 Å². The van der Waals surface area contributed by atoms with Gasteiger partial charge in [0.25, 0.3) is 0 Å². The number of aromatic nitrogens is 1. The Morgan fingerprint density at radius 3 is 2.64 bits per heavy atom. The fourth-order valence-electron chi connectivity index (χ4n) is 3.47. The third-order valence-electron chi connectivity index (χ3n) is 4.91. The minimum atomic E-state index is 0.496. The SMILES string of the molecule is CCOc1cc(CN2CCC(Nc3cccnc3)CC2)ccc1OCC(C)C. The first-order chi connectivity index (χ1) is 13.6. The van der Waals surface area contributed by atoms with Gasteiger partial charge in [-0.05, 0) is 55.5 Å².